The monoisotopic (exact) mass is 269 g/mol. The lowest BCUT2D eigenvalue weighted by molar-refractivity contribution is -0.00584. The van der Waals surface area contributed by atoms with Crippen LogP contribution in [0.4, 0.5) is 0 Å². The molecule has 0 aromatic carbocycles. The fraction of sp³-hybridized carbons (Fsp3) is 1.00. The molecule has 0 saturated heterocycles. The van der Waals surface area contributed by atoms with Crippen molar-refractivity contribution in [2.45, 2.75) is 69.9 Å². The number of rotatable bonds is 9. The summed E-state index contributed by atoms with van der Waals surface area (Å²) in [7, 11) is 6.72. The largest absolute Gasteiger partial charge is 0.329 e. The van der Waals surface area contributed by atoms with E-state index in [1.807, 2.05) is 0 Å². The summed E-state index contributed by atoms with van der Waals surface area (Å²) in [6.45, 7) is 6.51. The summed E-state index contributed by atoms with van der Waals surface area (Å²) >= 11 is 0. The van der Waals surface area contributed by atoms with Crippen molar-refractivity contribution in [2.75, 3.05) is 34.2 Å². The highest BCUT2D eigenvalue weighted by Gasteiger charge is 2.42. The molecule has 1 aliphatic carbocycles. The lowest BCUT2D eigenvalue weighted by Gasteiger charge is -2.52. The van der Waals surface area contributed by atoms with Gasteiger partial charge in [0.05, 0.1) is 0 Å². The molecule has 0 aromatic rings. The van der Waals surface area contributed by atoms with E-state index in [4.69, 9.17) is 5.73 Å². The second-order valence-electron chi connectivity index (χ2n) is 6.99. The van der Waals surface area contributed by atoms with Gasteiger partial charge in [0.15, 0.2) is 0 Å². The lowest BCUT2D eigenvalue weighted by atomic mass is 9.74. The molecule has 19 heavy (non-hydrogen) atoms. The molecule has 3 nitrogen and oxygen atoms in total. The maximum atomic E-state index is 6.09. The number of unbranched alkanes of at least 4 members (excludes halogenated alkanes) is 2. The standard InChI is InChI=1S/C16H35N3/c1-6-7-8-10-15(2,13-17)19(5)14-16(18(3)4)11-9-12-16/h6-14,17H2,1-5H3. The average Bonchev–Trinajstić information content (AvgIpc) is 2.32. The Kier molecular flexibility index (Phi) is 6.28. The zero-order chi connectivity index (χ0) is 14.5. The second kappa shape index (κ2) is 7.05. The third-order valence-electron chi connectivity index (χ3n) is 5.44. The average molecular weight is 269 g/mol. The van der Waals surface area contributed by atoms with E-state index in [0.29, 0.717) is 5.54 Å². The molecule has 1 saturated carbocycles. The van der Waals surface area contributed by atoms with Gasteiger partial charge in [-0.2, -0.15) is 0 Å². The van der Waals surface area contributed by atoms with Gasteiger partial charge in [0.2, 0.25) is 0 Å². The Morgan fingerprint density at radius 3 is 2.16 bits per heavy atom. The van der Waals surface area contributed by atoms with Crippen LogP contribution >= 0.6 is 0 Å². The summed E-state index contributed by atoms with van der Waals surface area (Å²) in [6.07, 6.45) is 9.16. The number of nitrogens with zero attached hydrogens (tertiary/aromatic N) is 2. The van der Waals surface area contributed by atoms with Gasteiger partial charge >= 0.3 is 0 Å². The van der Waals surface area contributed by atoms with Crippen LogP contribution in [0.2, 0.25) is 0 Å². The third-order valence-corrected chi connectivity index (χ3v) is 5.44. The molecule has 0 spiro atoms. The lowest BCUT2D eigenvalue weighted by Crippen LogP contribution is -2.61. The number of nitrogens with two attached hydrogens (primary N) is 1. The predicted octanol–water partition coefficient (Wildman–Crippen LogP) is 2.70. The highest BCUT2D eigenvalue weighted by atomic mass is 15.3. The van der Waals surface area contributed by atoms with Crippen LogP contribution in [0, 0.1) is 0 Å². The molecule has 0 aromatic heterocycles. The van der Waals surface area contributed by atoms with Crippen LogP contribution in [0.3, 0.4) is 0 Å². The molecule has 1 atom stereocenters. The van der Waals surface area contributed by atoms with E-state index in [0.717, 1.165) is 13.1 Å². The Morgan fingerprint density at radius 1 is 1.16 bits per heavy atom. The molecule has 1 unspecified atom stereocenters. The molecule has 1 rings (SSSR count). The predicted molar refractivity (Wildman–Crippen MR) is 84.5 cm³/mol. The van der Waals surface area contributed by atoms with Gasteiger partial charge in [-0.15, -0.1) is 0 Å². The molecule has 0 amide bonds. The van der Waals surface area contributed by atoms with Crippen LogP contribution < -0.4 is 5.73 Å². The Balaban J connectivity index is 2.59. The van der Waals surface area contributed by atoms with E-state index >= 15 is 0 Å². The van der Waals surface area contributed by atoms with Crippen molar-refractivity contribution < 1.29 is 0 Å². The molecule has 0 bridgehead atoms. The van der Waals surface area contributed by atoms with Crippen LogP contribution in [0.25, 0.3) is 0 Å². The van der Waals surface area contributed by atoms with Gasteiger partial charge < -0.3 is 10.6 Å². The van der Waals surface area contributed by atoms with Crippen LogP contribution in [0.5, 0.6) is 0 Å². The van der Waals surface area contributed by atoms with Crippen LogP contribution in [-0.2, 0) is 0 Å². The Morgan fingerprint density at radius 2 is 1.79 bits per heavy atom. The first kappa shape index (κ1) is 16.9. The minimum atomic E-state index is 0.160. The normalized spacial score (nSPS) is 21.5. The molecule has 1 aliphatic rings. The quantitative estimate of drug-likeness (QED) is 0.653. The van der Waals surface area contributed by atoms with Crippen LogP contribution in [0.15, 0.2) is 0 Å². The van der Waals surface area contributed by atoms with Gasteiger partial charge in [-0.25, -0.2) is 0 Å². The van der Waals surface area contributed by atoms with Crippen molar-refractivity contribution in [3.05, 3.63) is 0 Å². The van der Waals surface area contributed by atoms with Crippen LogP contribution in [0.1, 0.15) is 58.8 Å². The summed E-state index contributed by atoms with van der Waals surface area (Å²) < 4.78 is 0. The molecule has 1 fully saturated rings. The van der Waals surface area contributed by atoms with Crippen molar-refractivity contribution in [3.63, 3.8) is 0 Å². The van der Waals surface area contributed by atoms with Crippen molar-refractivity contribution in [3.8, 4) is 0 Å². The van der Waals surface area contributed by atoms with Gasteiger partial charge in [0.25, 0.3) is 0 Å². The van der Waals surface area contributed by atoms with E-state index in [1.54, 1.807) is 0 Å². The first-order valence-corrected chi connectivity index (χ1v) is 7.99. The summed E-state index contributed by atoms with van der Waals surface area (Å²) in [5.74, 6) is 0. The molecular weight excluding hydrogens is 234 g/mol. The van der Waals surface area contributed by atoms with Crippen molar-refractivity contribution in [2.24, 2.45) is 5.73 Å². The summed E-state index contributed by atoms with van der Waals surface area (Å²) in [6, 6.07) is 0. The summed E-state index contributed by atoms with van der Waals surface area (Å²) in [5, 5.41) is 0. The summed E-state index contributed by atoms with van der Waals surface area (Å²) in [5.41, 5.74) is 6.65. The first-order valence-electron chi connectivity index (χ1n) is 7.99. The van der Waals surface area contributed by atoms with Gasteiger partial charge in [0, 0.05) is 24.2 Å². The number of hydrogen-bond donors (Lipinski definition) is 1. The van der Waals surface area contributed by atoms with Gasteiger partial charge in [-0.05, 0) is 53.8 Å². The maximum absolute atomic E-state index is 6.09. The Bertz CT molecular complexity index is 261. The molecular formula is C16H35N3. The molecule has 3 heteroatoms. The highest BCUT2D eigenvalue weighted by molar-refractivity contribution is 5.00. The molecule has 114 valence electrons. The Hall–Kier alpha value is -0.120. The fourth-order valence-electron chi connectivity index (χ4n) is 3.17. The minimum absolute atomic E-state index is 0.160. The molecule has 0 heterocycles. The van der Waals surface area contributed by atoms with Crippen molar-refractivity contribution in [1.82, 2.24) is 9.80 Å². The van der Waals surface area contributed by atoms with Crippen molar-refractivity contribution >= 4 is 0 Å². The maximum Gasteiger partial charge on any atom is 0.0330 e. The number of hydrogen-bond acceptors (Lipinski definition) is 3. The number of likely N-dealkylation sites (N-methyl/N-ethyl adjacent to an activating group) is 2. The first-order chi connectivity index (χ1) is 8.90. The van der Waals surface area contributed by atoms with Gasteiger partial charge in [-0.3, -0.25) is 4.90 Å². The highest BCUT2D eigenvalue weighted by Crippen LogP contribution is 2.38. The third kappa shape index (κ3) is 3.93. The zero-order valence-electron chi connectivity index (χ0n) is 13.8. The van der Waals surface area contributed by atoms with E-state index in [2.05, 4.69) is 44.8 Å². The van der Waals surface area contributed by atoms with Gasteiger partial charge in [0.1, 0.15) is 0 Å². The SMILES string of the molecule is CCCCCC(C)(CN)N(C)CC1(N(C)C)CCC1. The zero-order valence-corrected chi connectivity index (χ0v) is 13.8. The van der Waals surface area contributed by atoms with E-state index in [-0.39, 0.29) is 5.54 Å². The fourth-order valence-corrected chi connectivity index (χ4v) is 3.17. The molecule has 0 aliphatic heterocycles. The molecule has 2 N–H and O–H groups in total. The molecule has 0 radical (unpaired) electrons. The summed E-state index contributed by atoms with van der Waals surface area (Å²) in [4.78, 5) is 4.96. The second-order valence-corrected chi connectivity index (χ2v) is 6.99. The van der Waals surface area contributed by atoms with E-state index in [9.17, 15) is 0 Å². The van der Waals surface area contributed by atoms with E-state index < -0.39 is 0 Å². The topological polar surface area (TPSA) is 32.5 Å². The van der Waals surface area contributed by atoms with Crippen LogP contribution in [-0.4, -0.2) is 55.1 Å². The minimum Gasteiger partial charge on any atom is -0.329 e. The van der Waals surface area contributed by atoms with E-state index in [1.165, 1.54) is 44.9 Å². The smallest absolute Gasteiger partial charge is 0.0330 e. The van der Waals surface area contributed by atoms with Gasteiger partial charge in [-0.1, -0.05) is 26.2 Å². The van der Waals surface area contributed by atoms with Crippen molar-refractivity contribution in [1.29, 1.82) is 0 Å². The Labute approximate surface area is 120 Å².